The van der Waals surface area contributed by atoms with Crippen LogP contribution in [-0.2, 0) is 16.8 Å². The van der Waals surface area contributed by atoms with Gasteiger partial charge in [0.25, 0.3) is 5.91 Å². The Morgan fingerprint density at radius 3 is 2.47 bits per heavy atom. The first-order valence-electron chi connectivity index (χ1n) is 10.9. The van der Waals surface area contributed by atoms with Crippen molar-refractivity contribution in [2.24, 2.45) is 0 Å². The number of nitrogens with zero attached hydrogens (tertiary/aromatic N) is 4. The van der Waals surface area contributed by atoms with Crippen LogP contribution in [0, 0.1) is 0 Å². The van der Waals surface area contributed by atoms with Crippen molar-refractivity contribution in [1.82, 2.24) is 15.3 Å². The quantitative estimate of drug-likeness (QED) is 0.693. The van der Waals surface area contributed by atoms with Crippen molar-refractivity contribution in [3.05, 3.63) is 83.7 Å². The molecular formula is C25H25N5O2. The van der Waals surface area contributed by atoms with Crippen LogP contribution in [-0.4, -0.2) is 41.9 Å². The normalized spacial score (nSPS) is 16.8. The van der Waals surface area contributed by atoms with E-state index in [0.29, 0.717) is 44.0 Å². The average Bonchev–Trinajstić information content (AvgIpc) is 3.05. The van der Waals surface area contributed by atoms with E-state index >= 15 is 0 Å². The van der Waals surface area contributed by atoms with E-state index in [2.05, 4.69) is 20.2 Å². The standard InChI is InChI=1S/C25H25N5O2/c1-29-21-9-8-19(22(31)28-17-18-6-3-2-4-7-18)16-20(21)25(23(29)32)10-14-30(15-11-25)24-26-12-5-13-27-24/h2-9,12-13,16H,10-11,14-15,17H2,1H3,(H,28,31). The average molecular weight is 428 g/mol. The number of benzene rings is 2. The van der Waals surface area contributed by atoms with Crippen molar-refractivity contribution < 1.29 is 9.59 Å². The molecule has 0 aliphatic carbocycles. The molecule has 1 N–H and O–H groups in total. The van der Waals surface area contributed by atoms with Gasteiger partial charge in [0.05, 0.1) is 5.41 Å². The van der Waals surface area contributed by atoms with Crippen LogP contribution in [0.25, 0.3) is 0 Å². The monoisotopic (exact) mass is 427 g/mol. The lowest BCUT2D eigenvalue weighted by Crippen LogP contribution is -2.48. The maximum atomic E-state index is 13.3. The van der Waals surface area contributed by atoms with E-state index in [0.717, 1.165) is 16.8 Å². The lowest BCUT2D eigenvalue weighted by atomic mass is 9.73. The van der Waals surface area contributed by atoms with Gasteiger partial charge in [-0.15, -0.1) is 0 Å². The molecule has 0 radical (unpaired) electrons. The number of carbonyl (C=O) groups excluding carboxylic acids is 2. The first-order valence-corrected chi connectivity index (χ1v) is 10.9. The van der Waals surface area contributed by atoms with Crippen molar-refractivity contribution in [3.8, 4) is 0 Å². The summed E-state index contributed by atoms with van der Waals surface area (Å²) in [6.07, 6.45) is 4.79. The number of anilines is 2. The molecule has 2 aliphatic rings. The molecule has 0 saturated carbocycles. The van der Waals surface area contributed by atoms with Gasteiger partial charge in [-0.25, -0.2) is 9.97 Å². The van der Waals surface area contributed by atoms with Crippen LogP contribution in [0.15, 0.2) is 67.0 Å². The lowest BCUT2D eigenvalue weighted by Gasteiger charge is -2.38. The number of hydrogen-bond acceptors (Lipinski definition) is 5. The minimum Gasteiger partial charge on any atom is -0.348 e. The molecule has 1 aromatic heterocycles. The number of likely N-dealkylation sites (N-methyl/N-ethyl adjacent to an activating group) is 1. The number of carbonyl (C=O) groups is 2. The van der Waals surface area contributed by atoms with Gasteiger partial charge in [-0.3, -0.25) is 9.59 Å². The molecule has 5 rings (SSSR count). The van der Waals surface area contributed by atoms with Crippen molar-refractivity contribution in [2.45, 2.75) is 24.8 Å². The molecule has 2 aromatic carbocycles. The Bertz CT molecular complexity index is 1140. The van der Waals surface area contributed by atoms with Gasteiger partial charge in [-0.1, -0.05) is 30.3 Å². The molecule has 32 heavy (non-hydrogen) atoms. The number of amides is 2. The summed E-state index contributed by atoms with van der Waals surface area (Å²) >= 11 is 0. The maximum absolute atomic E-state index is 13.3. The minimum atomic E-state index is -0.606. The number of piperidine rings is 1. The van der Waals surface area contributed by atoms with E-state index in [9.17, 15) is 9.59 Å². The molecule has 2 aliphatic heterocycles. The van der Waals surface area contributed by atoms with Crippen LogP contribution >= 0.6 is 0 Å². The van der Waals surface area contributed by atoms with Gasteiger partial charge < -0.3 is 15.1 Å². The Hall–Kier alpha value is -3.74. The third-order valence-electron chi connectivity index (χ3n) is 6.60. The second kappa shape index (κ2) is 8.07. The number of rotatable bonds is 4. The molecule has 2 amide bonds. The van der Waals surface area contributed by atoms with Crippen LogP contribution in [0.5, 0.6) is 0 Å². The predicted molar refractivity (Wildman–Crippen MR) is 123 cm³/mol. The van der Waals surface area contributed by atoms with Crippen LogP contribution in [0.4, 0.5) is 11.6 Å². The van der Waals surface area contributed by atoms with Crippen LogP contribution in [0.2, 0.25) is 0 Å². The van der Waals surface area contributed by atoms with E-state index in [4.69, 9.17) is 0 Å². The van der Waals surface area contributed by atoms with E-state index in [-0.39, 0.29) is 11.8 Å². The number of hydrogen-bond donors (Lipinski definition) is 1. The fourth-order valence-corrected chi connectivity index (χ4v) is 4.81. The fourth-order valence-electron chi connectivity index (χ4n) is 4.81. The third kappa shape index (κ3) is 3.39. The van der Waals surface area contributed by atoms with Crippen LogP contribution < -0.4 is 15.1 Å². The summed E-state index contributed by atoms with van der Waals surface area (Å²) in [6.45, 7) is 1.84. The van der Waals surface area contributed by atoms with Gasteiger partial charge in [0, 0.05) is 50.3 Å². The Morgan fingerprint density at radius 2 is 1.75 bits per heavy atom. The first-order chi connectivity index (χ1) is 15.6. The zero-order chi connectivity index (χ0) is 22.1. The number of aromatic nitrogens is 2. The molecule has 7 nitrogen and oxygen atoms in total. The SMILES string of the molecule is CN1C(=O)C2(CCN(c3ncccn3)CC2)c2cc(C(=O)NCc3ccccc3)ccc21. The highest BCUT2D eigenvalue weighted by molar-refractivity contribution is 6.09. The highest BCUT2D eigenvalue weighted by Gasteiger charge is 2.51. The maximum Gasteiger partial charge on any atom is 0.251 e. The van der Waals surface area contributed by atoms with Gasteiger partial charge in [-0.2, -0.15) is 0 Å². The van der Waals surface area contributed by atoms with Gasteiger partial charge >= 0.3 is 0 Å². The topological polar surface area (TPSA) is 78.4 Å². The fraction of sp³-hybridized carbons (Fsp3) is 0.280. The van der Waals surface area contributed by atoms with E-state index in [1.165, 1.54) is 0 Å². The van der Waals surface area contributed by atoms with E-state index < -0.39 is 5.41 Å². The van der Waals surface area contributed by atoms with Gasteiger partial charge in [0.15, 0.2) is 0 Å². The molecule has 0 atom stereocenters. The second-order valence-corrected chi connectivity index (χ2v) is 8.38. The van der Waals surface area contributed by atoms with Crippen molar-refractivity contribution in [2.75, 3.05) is 29.9 Å². The zero-order valence-corrected chi connectivity index (χ0v) is 18.0. The summed E-state index contributed by atoms with van der Waals surface area (Å²) in [7, 11) is 1.82. The Labute approximate surface area is 187 Å². The Kier molecular flexibility index (Phi) is 5.09. The summed E-state index contributed by atoms with van der Waals surface area (Å²) in [5.74, 6) is 0.655. The first kappa shape index (κ1) is 20.2. The summed E-state index contributed by atoms with van der Waals surface area (Å²) in [5.41, 5.74) is 2.86. The minimum absolute atomic E-state index is 0.1000. The van der Waals surface area contributed by atoms with Gasteiger partial charge in [0.2, 0.25) is 11.9 Å². The van der Waals surface area contributed by atoms with Gasteiger partial charge in [0.1, 0.15) is 0 Å². The molecule has 3 heterocycles. The molecule has 162 valence electrons. The van der Waals surface area contributed by atoms with E-state index in [1.807, 2.05) is 49.5 Å². The van der Waals surface area contributed by atoms with Gasteiger partial charge in [-0.05, 0) is 48.2 Å². The third-order valence-corrected chi connectivity index (χ3v) is 6.60. The number of fused-ring (bicyclic) bond motifs is 2. The second-order valence-electron chi connectivity index (χ2n) is 8.38. The Balaban J connectivity index is 1.38. The molecule has 1 fully saturated rings. The lowest BCUT2D eigenvalue weighted by molar-refractivity contribution is -0.123. The largest absolute Gasteiger partial charge is 0.348 e. The molecule has 0 unspecified atom stereocenters. The highest BCUT2D eigenvalue weighted by atomic mass is 16.2. The molecule has 1 spiro atoms. The van der Waals surface area contributed by atoms with E-state index in [1.54, 1.807) is 29.4 Å². The zero-order valence-electron chi connectivity index (χ0n) is 18.0. The molecule has 3 aromatic rings. The highest BCUT2D eigenvalue weighted by Crippen LogP contribution is 2.48. The summed E-state index contributed by atoms with van der Waals surface area (Å²) in [5, 5.41) is 2.99. The van der Waals surface area contributed by atoms with Crippen LogP contribution in [0.3, 0.4) is 0 Å². The van der Waals surface area contributed by atoms with Crippen molar-refractivity contribution in [1.29, 1.82) is 0 Å². The number of nitrogens with one attached hydrogen (secondary N) is 1. The molecule has 7 heteroatoms. The molecular weight excluding hydrogens is 402 g/mol. The molecule has 1 saturated heterocycles. The van der Waals surface area contributed by atoms with Crippen LogP contribution in [0.1, 0.15) is 34.3 Å². The Morgan fingerprint density at radius 1 is 1.03 bits per heavy atom. The van der Waals surface area contributed by atoms with Crippen molar-refractivity contribution in [3.63, 3.8) is 0 Å². The smallest absolute Gasteiger partial charge is 0.251 e. The predicted octanol–water partition coefficient (Wildman–Crippen LogP) is 2.92. The summed E-state index contributed by atoms with van der Waals surface area (Å²) in [6, 6.07) is 17.2. The summed E-state index contributed by atoms with van der Waals surface area (Å²) in [4.78, 5) is 38.7. The van der Waals surface area contributed by atoms with Crippen molar-refractivity contribution >= 4 is 23.5 Å². The summed E-state index contributed by atoms with van der Waals surface area (Å²) < 4.78 is 0. The molecule has 0 bridgehead atoms.